The number of hydrogen-bond acceptors (Lipinski definition) is 2. The smallest absolute Gasteiger partial charge is 0.0699 e. The number of ether oxygens (including phenoxy) is 1. The van der Waals surface area contributed by atoms with Crippen molar-refractivity contribution < 1.29 is 4.74 Å². The third-order valence-corrected chi connectivity index (χ3v) is 2.14. The second kappa shape index (κ2) is 10.7. The molecule has 0 heterocycles. The highest BCUT2D eigenvalue weighted by Gasteiger charge is 2.05. The largest absolute Gasteiger partial charge is 0.377 e. The van der Waals surface area contributed by atoms with Crippen LogP contribution in [0.2, 0.25) is 0 Å². The predicted molar refractivity (Wildman–Crippen MR) is 62.6 cm³/mol. The normalized spacial score (nSPS) is 12.7. The van der Waals surface area contributed by atoms with Crippen molar-refractivity contribution in [3.63, 3.8) is 0 Å². The van der Waals surface area contributed by atoms with Crippen LogP contribution in [0.25, 0.3) is 0 Å². The minimum atomic E-state index is 0.393. The standard InChI is InChI=1S/C12H25NO/c1-4-7-8-10-14-12(9-5-2)11-13-6-3/h4,12-13H,1,5-11H2,2-3H3. The van der Waals surface area contributed by atoms with Crippen molar-refractivity contribution in [1.82, 2.24) is 5.32 Å². The predicted octanol–water partition coefficient (Wildman–Crippen LogP) is 2.75. The molecule has 84 valence electrons. The Morgan fingerprint density at radius 2 is 2.21 bits per heavy atom. The zero-order valence-electron chi connectivity index (χ0n) is 9.72. The Kier molecular flexibility index (Phi) is 10.5. The molecule has 1 atom stereocenters. The molecular weight excluding hydrogens is 174 g/mol. The zero-order valence-corrected chi connectivity index (χ0v) is 9.72. The van der Waals surface area contributed by atoms with Gasteiger partial charge in [0.15, 0.2) is 0 Å². The lowest BCUT2D eigenvalue weighted by molar-refractivity contribution is 0.0463. The summed E-state index contributed by atoms with van der Waals surface area (Å²) < 4.78 is 5.78. The quantitative estimate of drug-likeness (QED) is 0.431. The van der Waals surface area contributed by atoms with Crippen LogP contribution in [0, 0.1) is 0 Å². The Balaban J connectivity index is 3.45. The molecule has 0 aromatic heterocycles. The Hall–Kier alpha value is -0.340. The first-order valence-electron chi connectivity index (χ1n) is 5.78. The molecule has 2 heteroatoms. The van der Waals surface area contributed by atoms with Crippen LogP contribution in [0.4, 0.5) is 0 Å². The van der Waals surface area contributed by atoms with Gasteiger partial charge in [0, 0.05) is 13.2 Å². The maximum atomic E-state index is 5.78. The Morgan fingerprint density at radius 1 is 1.43 bits per heavy atom. The lowest BCUT2D eigenvalue weighted by atomic mass is 10.2. The molecule has 14 heavy (non-hydrogen) atoms. The number of nitrogens with one attached hydrogen (secondary N) is 1. The summed E-state index contributed by atoms with van der Waals surface area (Å²) in [7, 11) is 0. The lowest BCUT2D eigenvalue weighted by Crippen LogP contribution is -2.29. The van der Waals surface area contributed by atoms with E-state index in [1.807, 2.05) is 6.08 Å². The van der Waals surface area contributed by atoms with E-state index in [0.717, 1.165) is 39.0 Å². The summed E-state index contributed by atoms with van der Waals surface area (Å²) >= 11 is 0. The first-order valence-corrected chi connectivity index (χ1v) is 5.78. The molecule has 0 bridgehead atoms. The molecule has 0 saturated heterocycles. The Labute approximate surface area is 88.7 Å². The second-order valence-electron chi connectivity index (χ2n) is 3.52. The number of allylic oxidation sites excluding steroid dienone is 1. The first-order chi connectivity index (χ1) is 6.85. The van der Waals surface area contributed by atoms with E-state index in [9.17, 15) is 0 Å². The van der Waals surface area contributed by atoms with Crippen LogP contribution in [0.15, 0.2) is 12.7 Å². The molecule has 0 radical (unpaired) electrons. The van der Waals surface area contributed by atoms with Crippen LogP contribution in [-0.2, 0) is 4.74 Å². The number of unbranched alkanes of at least 4 members (excludes halogenated alkanes) is 1. The van der Waals surface area contributed by atoms with Gasteiger partial charge in [0.2, 0.25) is 0 Å². The molecule has 0 fully saturated rings. The minimum absolute atomic E-state index is 0.393. The minimum Gasteiger partial charge on any atom is -0.377 e. The van der Waals surface area contributed by atoms with E-state index < -0.39 is 0 Å². The van der Waals surface area contributed by atoms with Crippen molar-refractivity contribution in [2.45, 2.75) is 45.6 Å². The molecule has 0 rings (SSSR count). The molecular formula is C12H25NO. The van der Waals surface area contributed by atoms with Gasteiger partial charge in [-0.1, -0.05) is 26.3 Å². The molecule has 0 aromatic rings. The SMILES string of the molecule is C=CCCCOC(CCC)CNCC. The van der Waals surface area contributed by atoms with Crippen LogP contribution in [0.5, 0.6) is 0 Å². The lowest BCUT2D eigenvalue weighted by Gasteiger charge is -2.17. The number of likely N-dealkylation sites (N-methyl/N-ethyl adjacent to an activating group) is 1. The van der Waals surface area contributed by atoms with Gasteiger partial charge >= 0.3 is 0 Å². The maximum absolute atomic E-state index is 5.78. The molecule has 0 aliphatic heterocycles. The van der Waals surface area contributed by atoms with Gasteiger partial charge in [-0.25, -0.2) is 0 Å². The van der Waals surface area contributed by atoms with Crippen molar-refractivity contribution in [2.24, 2.45) is 0 Å². The van der Waals surface area contributed by atoms with Gasteiger partial charge in [-0.05, 0) is 25.8 Å². The molecule has 0 spiro atoms. The van der Waals surface area contributed by atoms with E-state index >= 15 is 0 Å². The second-order valence-corrected chi connectivity index (χ2v) is 3.52. The van der Waals surface area contributed by atoms with E-state index in [-0.39, 0.29) is 0 Å². The summed E-state index contributed by atoms with van der Waals surface area (Å²) in [4.78, 5) is 0. The van der Waals surface area contributed by atoms with Crippen LogP contribution in [0.1, 0.15) is 39.5 Å². The van der Waals surface area contributed by atoms with Gasteiger partial charge in [-0.2, -0.15) is 0 Å². The third kappa shape index (κ3) is 8.27. The zero-order chi connectivity index (χ0) is 10.6. The average Bonchev–Trinajstić information content (AvgIpc) is 2.20. The summed E-state index contributed by atoms with van der Waals surface area (Å²) in [6, 6.07) is 0. The van der Waals surface area contributed by atoms with Crippen molar-refractivity contribution >= 4 is 0 Å². The van der Waals surface area contributed by atoms with E-state index in [2.05, 4.69) is 25.7 Å². The van der Waals surface area contributed by atoms with Crippen molar-refractivity contribution in [3.8, 4) is 0 Å². The van der Waals surface area contributed by atoms with Gasteiger partial charge in [-0.15, -0.1) is 6.58 Å². The fourth-order valence-corrected chi connectivity index (χ4v) is 1.35. The summed E-state index contributed by atoms with van der Waals surface area (Å²) in [5.41, 5.74) is 0. The Morgan fingerprint density at radius 3 is 2.79 bits per heavy atom. The fourth-order valence-electron chi connectivity index (χ4n) is 1.35. The summed E-state index contributed by atoms with van der Waals surface area (Å²) in [5.74, 6) is 0. The van der Waals surface area contributed by atoms with E-state index in [1.165, 1.54) is 6.42 Å². The highest BCUT2D eigenvalue weighted by atomic mass is 16.5. The highest BCUT2D eigenvalue weighted by molar-refractivity contribution is 4.66. The molecule has 0 aliphatic rings. The van der Waals surface area contributed by atoms with Gasteiger partial charge in [0.1, 0.15) is 0 Å². The highest BCUT2D eigenvalue weighted by Crippen LogP contribution is 2.02. The van der Waals surface area contributed by atoms with Crippen LogP contribution >= 0.6 is 0 Å². The summed E-state index contributed by atoms with van der Waals surface area (Å²) in [6.07, 6.45) is 6.83. The summed E-state index contributed by atoms with van der Waals surface area (Å²) in [6.45, 7) is 10.9. The molecule has 0 aromatic carbocycles. The van der Waals surface area contributed by atoms with E-state index in [0.29, 0.717) is 6.10 Å². The molecule has 2 nitrogen and oxygen atoms in total. The van der Waals surface area contributed by atoms with Crippen molar-refractivity contribution in [1.29, 1.82) is 0 Å². The Bertz CT molecular complexity index is 125. The first kappa shape index (κ1) is 13.7. The van der Waals surface area contributed by atoms with Crippen LogP contribution in [0.3, 0.4) is 0 Å². The monoisotopic (exact) mass is 199 g/mol. The molecule has 1 unspecified atom stereocenters. The average molecular weight is 199 g/mol. The maximum Gasteiger partial charge on any atom is 0.0699 e. The van der Waals surface area contributed by atoms with Crippen molar-refractivity contribution in [2.75, 3.05) is 19.7 Å². The molecule has 0 amide bonds. The van der Waals surface area contributed by atoms with Gasteiger partial charge in [0.05, 0.1) is 6.10 Å². The van der Waals surface area contributed by atoms with Crippen LogP contribution < -0.4 is 5.32 Å². The molecule has 0 aliphatic carbocycles. The molecule has 1 N–H and O–H groups in total. The van der Waals surface area contributed by atoms with Gasteiger partial charge < -0.3 is 10.1 Å². The third-order valence-electron chi connectivity index (χ3n) is 2.14. The van der Waals surface area contributed by atoms with E-state index in [1.54, 1.807) is 0 Å². The molecule has 0 saturated carbocycles. The van der Waals surface area contributed by atoms with Crippen LogP contribution in [-0.4, -0.2) is 25.8 Å². The van der Waals surface area contributed by atoms with E-state index in [4.69, 9.17) is 4.74 Å². The van der Waals surface area contributed by atoms with Gasteiger partial charge in [0.25, 0.3) is 0 Å². The topological polar surface area (TPSA) is 21.3 Å². The number of hydrogen-bond donors (Lipinski definition) is 1. The van der Waals surface area contributed by atoms with Crippen molar-refractivity contribution in [3.05, 3.63) is 12.7 Å². The van der Waals surface area contributed by atoms with Gasteiger partial charge in [-0.3, -0.25) is 0 Å². The number of rotatable bonds is 10. The summed E-state index contributed by atoms with van der Waals surface area (Å²) in [5, 5.41) is 3.33. The fraction of sp³-hybridized carbons (Fsp3) is 0.833.